The molecule has 0 bridgehead atoms. The standard InChI is InChI=1S/C27H32N4O2/c1-18-8-9-21-22(30(18)26(32)33-2)10-11-23-25(21)29-24(14-19-6-4-3-5-7-19)31(23)20-15-27(16-20)12-13-28-17-27/h3-7,10-11,18,20,28H,8-9,12-17H2,1-2H3/t18-,20-,27+/m0/s1. The van der Waals surface area contributed by atoms with Gasteiger partial charge in [-0.3, -0.25) is 4.90 Å². The van der Waals surface area contributed by atoms with Crippen LogP contribution in [0.5, 0.6) is 0 Å². The van der Waals surface area contributed by atoms with E-state index in [2.05, 4.69) is 59.3 Å². The predicted octanol–water partition coefficient (Wildman–Crippen LogP) is 4.85. The predicted molar refractivity (Wildman–Crippen MR) is 130 cm³/mol. The number of anilines is 1. The van der Waals surface area contributed by atoms with Crippen LogP contribution in [0.1, 0.15) is 55.6 Å². The number of hydrogen-bond acceptors (Lipinski definition) is 4. The van der Waals surface area contributed by atoms with Crippen LogP contribution in [-0.2, 0) is 17.6 Å². The molecule has 6 nitrogen and oxygen atoms in total. The maximum Gasteiger partial charge on any atom is 0.414 e. The van der Waals surface area contributed by atoms with Crippen LogP contribution < -0.4 is 10.2 Å². The molecule has 6 rings (SSSR count). The molecule has 33 heavy (non-hydrogen) atoms. The molecule has 1 spiro atoms. The van der Waals surface area contributed by atoms with Crippen LogP contribution in [0, 0.1) is 5.41 Å². The molecule has 1 aliphatic carbocycles. The molecule has 1 atom stereocenters. The average Bonchev–Trinajstić information content (AvgIpc) is 3.43. The van der Waals surface area contributed by atoms with Gasteiger partial charge in [-0.2, -0.15) is 0 Å². The summed E-state index contributed by atoms with van der Waals surface area (Å²) in [4.78, 5) is 19.6. The first-order chi connectivity index (χ1) is 16.1. The minimum Gasteiger partial charge on any atom is -0.452 e. The fraction of sp³-hybridized carbons (Fsp3) is 0.481. The van der Waals surface area contributed by atoms with Gasteiger partial charge in [0.05, 0.1) is 23.8 Å². The van der Waals surface area contributed by atoms with Gasteiger partial charge in [0.15, 0.2) is 0 Å². The molecule has 1 saturated heterocycles. The highest BCUT2D eigenvalue weighted by atomic mass is 16.5. The van der Waals surface area contributed by atoms with Crippen molar-refractivity contribution in [3.05, 3.63) is 59.4 Å². The van der Waals surface area contributed by atoms with Gasteiger partial charge >= 0.3 is 6.09 Å². The number of nitrogens with zero attached hydrogens (tertiary/aromatic N) is 3. The Morgan fingerprint density at radius 3 is 2.76 bits per heavy atom. The van der Waals surface area contributed by atoms with Gasteiger partial charge in [0.1, 0.15) is 5.82 Å². The minimum absolute atomic E-state index is 0.120. The number of benzene rings is 2. The Morgan fingerprint density at radius 1 is 1.21 bits per heavy atom. The van der Waals surface area contributed by atoms with Crippen molar-refractivity contribution in [2.45, 2.75) is 57.5 Å². The fourth-order valence-corrected chi connectivity index (χ4v) is 6.40. The molecule has 2 aliphatic heterocycles. The van der Waals surface area contributed by atoms with E-state index in [1.807, 2.05) is 0 Å². The number of carbonyl (C=O) groups excluding carboxylic acids is 1. The number of imidazole rings is 1. The summed E-state index contributed by atoms with van der Waals surface area (Å²) in [6, 6.07) is 15.5. The van der Waals surface area contributed by atoms with E-state index in [1.165, 1.54) is 43.0 Å². The van der Waals surface area contributed by atoms with E-state index in [0.717, 1.165) is 49.4 Å². The molecule has 3 heterocycles. The minimum atomic E-state index is -0.290. The zero-order chi connectivity index (χ0) is 22.6. The van der Waals surface area contributed by atoms with Crippen molar-refractivity contribution in [3.63, 3.8) is 0 Å². The van der Waals surface area contributed by atoms with E-state index >= 15 is 0 Å². The Labute approximate surface area is 194 Å². The molecule has 2 aromatic carbocycles. The van der Waals surface area contributed by atoms with E-state index in [-0.39, 0.29) is 12.1 Å². The quantitative estimate of drug-likeness (QED) is 0.627. The van der Waals surface area contributed by atoms with Gasteiger partial charge in [0, 0.05) is 30.6 Å². The van der Waals surface area contributed by atoms with E-state index in [0.29, 0.717) is 11.5 Å². The van der Waals surface area contributed by atoms with Gasteiger partial charge in [-0.25, -0.2) is 9.78 Å². The maximum absolute atomic E-state index is 12.6. The number of hydrogen-bond donors (Lipinski definition) is 1. The van der Waals surface area contributed by atoms with Crippen LogP contribution in [0.4, 0.5) is 10.5 Å². The molecule has 1 aromatic heterocycles. The molecule has 1 saturated carbocycles. The Hall–Kier alpha value is -2.86. The first-order valence-corrected chi connectivity index (χ1v) is 12.2. The smallest absolute Gasteiger partial charge is 0.414 e. The van der Waals surface area contributed by atoms with Crippen molar-refractivity contribution < 1.29 is 9.53 Å². The third-order valence-corrected chi connectivity index (χ3v) is 8.14. The van der Waals surface area contributed by atoms with Gasteiger partial charge in [0.25, 0.3) is 0 Å². The van der Waals surface area contributed by atoms with E-state index in [4.69, 9.17) is 9.72 Å². The van der Waals surface area contributed by atoms with Gasteiger partial charge in [-0.15, -0.1) is 0 Å². The molecule has 1 N–H and O–H groups in total. The highest BCUT2D eigenvalue weighted by molar-refractivity contribution is 5.95. The molecule has 0 radical (unpaired) electrons. The Bertz CT molecular complexity index is 1190. The number of ether oxygens (including phenoxy) is 1. The van der Waals surface area contributed by atoms with Crippen molar-refractivity contribution in [2.24, 2.45) is 5.41 Å². The third-order valence-electron chi connectivity index (χ3n) is 8.14. The number of fused-ring (bicyclic) bond motifs is 3. The van der Waals surface area contributed by atoms with Crippen molar-refractivity contribution in [1.82, 2.24) is 14.9 Å². The topological polar surface area (TPSA) is 59.4 Å². The van der Waals surface area contributed by atoms with Gasteiger partial charge < -0.3 is 14.6 Å². The van der Waals surface area contributed by atoms with Crippen LogP contribution in [0.25, 0.3) is 11.0 Å². The molecule has 6 heteroatoms. The molecule has 0 unspecified atom stereocenters. The zero-order valence-corrected chi connectivity index (χ0v) is 19.5. The number of nitrogens with one attached hydrogen (secondary N) is 1. The number of aryl methyl sites for hydroxylation is 1. The number of rotatable bonds is 3. The lowest BCUT2D eigenvalue weighted by atomic mass is 9.65. The largest absolute Gasteiger partial charge is 0.452 e. The second kappa shape index (κ2) is 7.87. The third kappa shape index (κ3) is 3.34. The SMILES string of the molecule is COC(=O)N1c2ccc3c(nc(Cc4ccccc4)n3[C@H]3C[C@]4(CCNC4)C3)c2CC[C@@H]1C. The molecule has 172 valence electrons. The summed E-state index contributed by atoms with van der Waals surface area (Å²) in [6.45, 7) is 4.38. The van der Waals surface area contributed by atoms with Crippen LogP contribution in [0.2, 0.25) is 0 Å². The van der Waals surface area contributed by atoms with Crippen molar-refractivity contribution in [3.8, 4) is 0 Å². The summed E-state index contributed by atoms with van der Waals surface area (Å²) in [7, 11) is 1.46. The van der Waals surface area contributed by atoms with Crippen LogP contribution >= 0.6 is 0 Å². The first kappa shape index (κ1) is 20.7. The molecular formula is C27H32N4O2. The number of carbonyl (C=O) groups is 1. The van der Waals surface area contributed by atoms with Gasteiger partial charge in [-0.05, 0) is 68.7 Å². The van der Waals surface area contributed by atoms with Crippen LogP contribution in [-0.4, -0.2) is 41.9 Å². The highest BCUT2D eigenvalue weighted by Crippen LogP contribution is 2.53. The molecule has 3 aromatic rings. The normalized spacial score (nSPS) is 26.4. The number of aromatic nitrogens is 2. The highest BCUT2D eigenvalue weighted by Gasteiger charge is 2.47. The molecule has 1 amide bonds. The van der Waals surface area contributed by atoms with Gasteiger partial charge in [-0.1, -0.05) is 30.3 Å². The van der Waals surface area contributed by atoms with Crippen LogP contribution in [0.15, 0.2) is 42.5 Å². The zero-order valence-electron chi connectivity index (χ0n) is 19.5. The number of methoxy groups -OCH3 is 1. The lowest BCUT2D eigenvalue weighted by Gasteiger charge is -2.46. The average molecular weight is 445 g/mol. The monoisotopic (exact) mass is 444 g/mol. The molecule has 2 fully saturated rings. The first-order valence-electron chi connectivity index (χ1n) is 12.2. The Kier molecular flexibility index (Phi) is 4.94. The summed E-state index contributed by atoms with van der Waals surface area (Å²) in [5.74, 6) is 1.14. The van der Waals surface area contributed by atoms with Crippen molar-refractivity contribution >= 4 is 22.8 Å². The second-order valence-corrected chi connectivity index (χ2v) is 10.2. The van der Waals surface area contributed by atoms with E-state index in [9.17, 15) is 4.79 Å². The van der Waals surface area contributed by atoms with Crippen LogP contribution in [0.3, 0.4) is 0 Å². The summed E-state index contributed by atoms with van der Waals surface area (Å²) in [6.07, 6.45) is 6.10. The van der Waals surface area contributed by atoms with Gasteiger partial charge in [0.2, 0.25) is 0 Å². The number of amides is 1. The molecular weight excluding hydrogens is 412 g/mol. The Balaban J connectivity index is 1.46. The Morgan fingerprint density at radius 2 is 2.03 bits per heavy atom. The lowest BCUT2D eigenvalue weighted by Crippen LogP contribution is -2.42. The van der Waals surface area contributed by atoms with E-state index in [1.54, 1.807) is 4.90 Å². The van der Waals surface area contributed by atoms with E-state index < -0.39 is 0 Å². The molecule has 3 aliphatic rings. The summed E-state index contributed by atoms with van der Waals surface area (Å²) in [5.41, 5.74) is 6.16. The lowest BCUT2D eigenvalue weighted by molar-refractivity contribution is 0.0849. The van der Waals surface area contributed by atoms with Crippen molar-refractivity contribution in [2.75, 3.05) is 25.1 Å². The van der Waals surface area contributed by atoms with Crippen molar-refractivity contribution in [1.29, 1.82) is 0 Å². The summed E-state index contributed by atoms with van der Waals surface area (Å²) >= 11 is 0. The summed E-state index contributed by atoms with van der Waals surface area (Å²) < 4.78 is 7.63. The second-order valence-electron chi connectivity index (χ2n) is 10.2. The summed E-state index contributed by atoms with van der Waals surface area (Å²) in [5, 5.41) is 3.56. The fourth-order valence-electron chi connectivity index (χ4n) is 6.40. The maximum atomic E-state index is 12.6.